The van der Waals surface area contributed by atoms with Crippen LogP contribution in [0.2, 0.25) is 0 Å². The third-order valence-electron chi connectivity index (χ3n) is 3.90. The monoisotopic (exact) mass is 262 g/mol. The van der Waals surface area contributed by atoms with E-state index in [9.17, 15) is 0 Å². The maximum absolute atomic E-state index is 5.78. The van der Waals surface area contributed by atoms with E-state index < -0.39 is 0 Å². The first-order chi connectivity index (χ1) is 9.28. The molecule has 1 saturated heterocycles. The average Bonchev–Trinajstić information content (AvgIpc) is 2.46. The van der Waals surface area contributed by atoms with Crippen molar-refractivity contribution in [2.45, 2.75) is 32.7 Å². The molecule has 3 nitrogen and oxygen atoms in total. The summed E-state index contributed by atoms with van der Waals surface area (Å²) in [6.45, 7) is 7.38. The molecule has 2 N–H and O–H groups in total. The Labute approximate surface area is 116 Å². The lowest BCUT2D eigenvalue weighted by Gasteiger charge is -2.30. The van der Waals surface area contributed by atoms with Gasteiger partial charge in [-0.25, -0.2) is 0 Å². The Morgan fingerprint density at radius 2 is 2.11 bits per heavy atom. The first-order valence-electron chi connectivity index (χ1n) is 7.42. The number of nitrogens with zero attached hydrogens (tertiary/aromatic N) is 1. The molecule has 0 atom stereocenters. The van der Waals surface area contributed by atoms with Gasteiger partial charge in [0.1, 0.15) is 5.75 Å². The lowest BCUT2D eigenvalue weighted by molar-refractivity contribution is 0.177. The molecular formula is C16H26N2O. The second-order valence-corrected chi connectivity index (χ2v) is 5.58. The summed E-state index contributed by atoms with van der Waals surface area (Å²) in [7, 11) is 0. The number of piperidine rings is 1. The first kappa shape index (κ1) is 14.4. The summed E-state index contributed by atoms with van der Waals surface area (Å²) in [5, 5.41) is 0. The highest BCUT2D eigenvalue weighted by Crippen LogP contribution is 2.16. The van der Waals surface area contributed by atoms with Gasteiger partial charge in [0, 0.05) is 13.1 Å². The molecule has 0 aromatic heterocycles. The summed E-state index contributed by atoms with van der Waals surface area (Å²) in [6, 6.07) is 8.07. The molecule has 2 rings (SSSR count). The minimum absolute atomic E-state index is 0.573. The van der Waals surface area contributed by atoms with Crippen molar-refractivity contribution >= 4 is 0 Å². The molecule has 0 aliphatic carbocycles. The Bertz CT molecular complexity index is 373. The zero-order valence-electron chi connectivity index (χ0n) is 12.0. The van der Waals surface area contributed by atoms with Crippen LogP contribution in [0.15, 0.2) is 24.3 Å². The van der Waals surface area contributed by atoms with Crippen LogP contribution in [0.4, 0.5) is 0 Å². The van der Waals surface area contributed by atoms with Gasteiger partial charge in [-0.3, -0.25) is 0 Å². The van der Waals surface area contributed by atoms with Gasteiger partial charge in [0.05, 0.1) is 6.61 Å². The van der Waals surface area contributed by atoms with Gasteiger partial charge in [-0.05, 0) is 56.0 Å². The van der Waals surface area contributed by atoms with E-state index in [-0.39, 0.29) is 0 Å². The molecule has 0 spiro atoms. The molecule has 1 aromatic carbocycles. The Hall–Kier alpha value is -1.06. The third kappa shape index (κ3) is 4.84. The van der Waals surface area contributed by atoms with E-state index in [2.05, 4.69) is 11.8 Å². The molecule has 0 amide bonds. The van der Waals surface area contributed by atoms with Crippen LogP contribution in [-0.4, -0.2) is 31.1 Å². The molecule has 0 radical (unpaired) electrons. The van der Waals surface area contributed by atoms with Gasteiger partial charge in [-0.1, -0.05) is 19.1 Å². The van der Waals surface area contributed by atoms with Crippen molar-refractivity contribution < 1.29 is 4.74 Å². The molecular weight excluding hydrogens is 236 g/mol. The van der Waals surface area contributed by atoms with E-state index in [0.717, 1.165) is 36.8 Å². The van der Waals surface area contributed by atoms with E-state index >= 15 is 0 Å². The van der Waals surface area contributed by atoms with Crippen LogP contribution >= 0.6 is 0 Å². The largest absolute Gasteiger partial charge is 0.494 e. The fourth-order valence-electron chi connectivity index (χ4n) is 2.53. The number of ether oxygens (including phenoxy) is 1. The SMILES string of the molecule is CC1CCN(CCCOc2cccc(CN)c2)CC1. The van der Waals surface area contributed by atoms with Gasteiger partial charge >= 0.3 is 0 Å². The molecule has 1 heterocycles. The number of hydrogen-bond acceptors (Lipinski definition) is 3. The lowest BCUT2D eigenvalue weighted by atomic mass is 9.99. The molecule has 106 valence electrons. The summed E-state index contributed by atoms with van der Waals surface area (Å²) < 4.78 is 5.78. The Balaban J connectivity index is 1.63. The molecule has 1 aliphatic heterocycles. The molecule has 1 aromatic rings. The standard InChI is InChI=1S/C16H26N2O/c1-14-6-9-18(10-7-14)8-3-11-19-16-5-2-4-15(12-16)13-17/h2,4-5,12,14H,3,6-11,13,17H2,1H3. The fourth-order valence-corrected chi connectivity index (χ4v) is 2.53. The van der Waals surface area contributed by atoms with Gasteiger partial charge in [-0.2, -0.15) is 0 Å². The number of benzene rings is 1. The van der Waals surface area contributed by atoms with Crippen LogP contribution in [0.25, 0.3) is 0 Å². The van der Waals surface area contributed by atoms with E-state index in [1.165, 1.54) is 25.9 Å². The fraction of sp³-hybridized carbons (Fsp3) is 0.625. The van der Waals surface area contributed by atoms with Gasteiger partial charge in [-0.15, -0.1) is 0 Å². The molecule has 1 aliphatic rings. The summed E-state index contributed by atoms with van der Waals surface area (Å²) in [5.41, 5.74) is 6.75. The predicted molar refractivity (Wildman–Crippen MR) is 79.3 cm³/mol. The minimum atomic E-state index is 0.573. The van der Waals surface area contributed by atoms with Crippen molar-refractivity contribution in [1.82, 2.24) is 4.90 Å². The number of rotatable bonds is 6. The topological polar surface area (TPSA) is 38.5 Å². The van der Waals surface area contributed by atoms with Crippen molar-refractivity contribution in [3.05, 3.63) is 29.8 Å². The Morgan fingerprint density at radius 1 is 1.32 bits per heavy atom. The number of likely N-dealkylation sites (tertiary alicyclic amines) is 1. The second-order valence-electron chi connectivity index (χ2n) is 5.58. The van der Waals surface area contributed by atoms with Gasteiger partial charge in [0.2, 0.25) is 0 Å². The summed E-state index contributed by atoms with van der Waals surface area (Å²) in [4.78, 5) is 2.56. The molecule has 0 saturated carbocycles. The van der Waals surface area contributed by atoms with Crippen molar-refractivity contribution in [2.75, 3.05) is 26.2 Å². The smallest absolute Gasteiger partial charge is 0.119 e. The molecule has 0 bridgehead atoms. The van der Waals surface area contributed by atoms with Crippen LogP contribution in [0.1, 0.15) is 31.7 Å². The van der Waals surface area contributed by atoms with E-state index in [0.29, 0.717) is 6.54 Å². The zero-order valence-corrected chi connectivity index (χ0v) is 12.0. The zero-order chi connectivity index (χ0) is 13.5. The van der Waals surface area contributed by atoms with Crippen LogP contribution in [0, 0.1) is 5.92 Å². The normalized spacial score (nSPS) is 17.6. The maximum atomic E-state index is 5.78. The Morgan fingerprint density at radius 3 is 2.84 bits per heavy atom. The van der Waals surface area contributed by atoms with Crippen molar-refractivity contribution in [2.24, 2.45) is 11.7 Å². The van der Waals surface area contributed by atoms with Crippen molar-refractivity contribution in [1.29, 1.82) is 0 Å². The van der Waals surface area contributed by atoms with Crippen LogP contribution < -0.4 is 10.5 Å². The van der Waals surface area contributed by atoms with E-state index in [1.807, 2.05) is 24.3 Å². The van der Waals surface area contributed by atoms with E-state index in [1.54, 1.807) is 0 Å². The highest BCUT2D eigenvalue weighted by atomic mass is 16.5. The summed E-state index contributed by atoms with van der Waals surface area (Å²) in [6.07, 6.45) is 3.79. The predicted octanol–water partition coefficient (Wildman–Crippen LogP) is 2.65. The highest BCUT2D eigenvalue weighted by molar-refractivity contribution is 5.28. The average molecular weight is 262 g/mol. The molecule has 3 heteroatoms. The molecule has 1 fully saturated rings. The Kier molecular flexibility index (Phi) is 5.67. The number of hydrogen-bond donors (Lipinski definition) is 1. The summed E-state index contributed by atoms with van der Waals surface area (Å²) in [5.74, 6) is 1.85. The van der Waals surface area contributed by atoms with Gasteiger partial charge < -0.3 is 15.4 Å². The third-order valence-corrected chi connectivity index (χ3v) is 3.90. The van der Waals surface area contributed by atoms with Crippen LogP contribution in [-0.2, 0) is 6.54 Å². The van der Waals surface area contributed by atoms with Gasteiger partial charge in [0.25, 0.3) is 0 Å². The van der Waals surface area contributed by atoms with Gasteiger partial charge in [0.15, 0.2) is 0 Å². The first-order valence-corrected chi connectivity index (χ1v) is 7.42. The number of nitrogens with two attached hydrogens (primary N) is 1. The van der Waals surface area contributed by atoms with Crippen molar-refractivity contribution in [3.8, 4) is 5.75 Å². The van der Waals surface area contributed by atoms with Crippen LogP contribution in [0.5, 0.6) is 5.75 Å². The van der Waals surface area contributed by atoms with Crippen molar-refractivity contribution in [3.63, 3.8) is 0 Å². The lowest BCUT2D eigenvalue weighted by Crippen LogP contribution is -2.34. The highest BCUT2D eigenvalue weighted by Gasteiger charge is 2.14. The van der Waals surface area contributed by atoms with Crippen LogP contribution in [0.3, 0.4) is 0 Å². The summed E-state index contributed by atoms with van der Waals surface area (Å²) >= 11 is 0. The maximum Gasteiger partial charge on any atom is 0.119 e. The second kappa shape index (κ2) is 7.51. The molecule has 19 heavy (non-hydrogen) atoms. The quantitative estimate of drug-likeness (QED) is 0.801. The minimum Gasteiger partial charge on any atom is -0.494 e. The molecule has 0 unspecified atom stereocenters. The van der Waals surface area contributed by atoms with E-state index in [4.69, 9.17) is 10.5 Å².